The van der Waals surface area contributed by atoms with Crippen LogP contribution in [0.4, 0.5) is 0 Å². The molecule has 3 rings (SSSR count). The highest BCUT2D eigenvalue weighted by Crippen LogP contribution is 2.39. The van der Waals surface area contributed by atoms with Crippen LogP contribution in [0.3, 0.4) is 0 Å². The average molecular weight is 366 g/mol. The van der Waals surface area contributed by atoms with Crippen LogP contribution in [0.5, 0.6) is 17.2 Å². The van der Waals surface area contributed by atoms with Crippen LogP contribution in [0.25, 0.3) is 21.9 Å². The molecular formula is C20H18N2O3S. The highest BCUT2D eigenvalue weighted by Gasteiger charge is 2.15. The van der Waals surface area contributed by atoms with Gasteiger partial charge in [0, 0.05) is 0 Å². The molecule has 0 spiro atoms. The smallest absolute Gasteiger partial charge is 0.203 e. The van der Waals surface area contributed by atoms with E-state index in [0.717, 1.165) is 15.8 Å². The van der Waals surface area contributed by atoms with Crippen molar-refractivity contribution in [1.82, 2.24) is 4.98 Å². The Balaban J connectivity index is 2.07. The summed E-state index contributed by atoms with van der Waals surface area (Å²) in [6, 6.07) is 13.7. The second-order valence-electron chi connectivity index (χ2n) is 5.34. The van der Waals surface area contributed by atoms with Gasteiger partial charge in [-0.2, -0.15) is 5.26 Å². The summed E-state index contributed by atoms with van der Waals surface area (Å²) in [4.78, 5) is 4.55. The second kappa shape index (κ2) is 7.89. The summed E-state index contributed by atoms with van der Waals surface area (Å²) in [5, 5.41) is 10.3. The summed E-state index contributed by atoms with van der Waals surface area (Å²) in [7, 11) is 3.15. The first-order chi connectivity index (χ1) is 12.7. The number of fused-ring (bicyclic) bond motifs is 1. The van der Waals surface area contributed by atoms with Crippen molar-refractivity contribution in [1.29, 1.82) is 5.26 Å². The Bertz CT molecular complexity index is 944. The Morgan fingerprint density at radius 1 is 1.19 bits per heavy atom. The number of ether oxygens (including phenoxy) is 3. The largest absolute Gasteiger partial charge is 0.493 e. The topological polar surface area (TPSA) is 64.4 Å². The van der Waals surface area contributed by atoms with Crippen molar-refractivity contribution in [2.75, 3.05) is 20.8 Å². The number of hydrogen-bond acceptors (Lipinski definition) is 6. The van der Waals surface area contributed by atoms with E-state index in [9.17, 15) is 5.26 Å². The first-order valence-electron chi connectivity index (χ1n) is 8.06. The third-order valence-electron chi connectivity index (χ3n) is 3.73. The third-order valence-corrected chi connectivity index (χ3v) is 4.80. The van der Waals surface area contributed by atoms with Gasteiger partial charge in [0.15, 0.2) is 11.5 Å². The monoisotopic (exact) mass is 366 g/mol. The first-order valence-corrected chi connectivity index (χ1v) is 8.88. The molecule has 6 heteroatoms. The van der Waals surface area contributed by atoms with Crippen molar-refractivity contribution in [2.24, 2.45) is 0 Å². The minimum Gasteiger partial charge on any atom is -0.493 e. The molecule has 0 atom stereocenters. The van der Waals surface area contributed by atoms with E-state index in [4.69, 9.17) is 14.2 Å². The Labute approximate surface area is 156 Å². The first kappa shape index (κ1) is 17.8. The van der Waals surface area contributed by atoms with Gasteiger partial charge in [-0.25, -0.2) is 4.98 Å². The van der Waals surface area contributed by atoms with Crippen LogP contribution in [-0.2, 0) is 0 Å². The molecule has 3 aromatic rings. The third kappa shape index (κ3) is 3.48. The van der Waals surface area contributed by atoms with Crippen molar-refractivity contribution in [3.8, 4) is 23.3 Å². The molecule has 132 valence electrons. The van der Waals surface area contributed by atoms with Gasteiger partial charge in [0.1, 0.15) is 11.1 Å². The molecule has 0 unspecified atom stereocenters. The van der Waals surface area contributed by atoms with E-state index < -0.39 is 0 Å². The lowest BCUT2D eigenvalue weighted by molar-refractivity contribution is 0.288. The van der Waals surface area contributed by atoms with Gasteiger partial charge in [-0.05, 0) is 42.8 Å². The van der Waals surface area contributed by atoms with Crippen molar-refractivity contribution in [3.05, 3.63) is 47.0 Å². The molecule has 0 radical (unpaired) electrons. The zero-order chi connectivity index (χ0) is 18.5. The minimum atomic E-state index is 0.486. The van der Waals surface area contributed by atoms with Gasteiger partial charge in [0.25, 0.3) is 0 Å². The molecule has 2 aromatic carbocycles. The SMILES string of the molecule is CCOc1c(OC)cc(/C=C(/C#N)c2nc3ccccc3s2)cc1OC. The number of methoxy groups -OCH3 is 2. The summed E-state index contributed by atoms with van der Waals surface area (Å²) in [5.74, 6) is 1.66. The van der Waals surface area contributed by atoms with Gasteiger partial charge >= 0.3 is 0 Å². The molecule has 1 heterocycles. The molecule has 0 aliphatic rings. The van der Waals surface area contributed by atoms with E-state index >= 15 is 0 Å². The Morgan fingerprint density at radius 2 is 1.88 bits per heavy atom. The van der Waals surface area contributed by atoms with E-state index in [0.29, 0.717) is 34.4 Å². The van der Waals surface area contributed by atoms with Crippen molar-refractivity contribution < 1.29 is 14.2 Å². The standard InChI is InChI=1S/C20H18N2O3S/c1-4-25-19-16(23-2)10-13(11-17(19)24-3)9-14(12-21)20-22-15-7-5-6-8-18(15)26-20/h5-11H,4H2,1-3H3/b14-9-. The van der Waals surface area contributed by atoms with Gasteiger partial charge in [-0.15, -0.1) is 11.3 Å². The minimum absolute atomic E-state index is 0.486. The molecule has 0 aliphatic heterocycles. The fourth-order valence-electron chi connectivity index (χ4n) is 2.57. The van der Waals surface area contributed by atoms with Crippen LogP contribution in [0.1, 0.15) is 17.5 Å². The molecule has 0 fully saturated rings. The van der Waals surface area contributed by atoms with Crippen LogP contribution >= 0.6 is 11.3 Å². The van der Waals surface area contributed by atoms with E-state index in [2.05, 4.69) is 11.1 Å². The van der Waals surface area contributed by atoms with Crippen LogP contribution in [0.15, 0.2) is 36.4 Å². The van der Waals surface area contributed by atoms with Crippen LogP contribution < -0.4 is 14.2 Å². The van der Waals surface area contributed by atoms with Crippen LogP contribution in [0.2, 0.25) is 0 Å². The number of para-hydroxylation sites is 1. The summed E-state index contributed by atoms with van der Waals surface area (Å²) in [6.45, 7) is 2.39. The van der Waals surface area contributed by atoms with Gasteiger partial charge in [0.2, 0.25) is 5.75 Å². The number of nitrogens with zero attached hydrogens (tertiary/aromatic N) is 2. The van der Waals surface area contributed by atoms with E-state index in [1.165, 1.54) is 11.3 Å². The van der Waals surface area contributed by atoms with Gasteiger partial charge in [0.05, 0.1) is 36.6 Å². The maximum absolute atomic E-state index is 9.62. The summed E-state index contributed by atoms with van der Waals surface area (Å²) in [6.07, 6.45) is 1.78. The molecule has 0 saturated carbocycles. The molecule has 0 amide bonds. The predicted octanol–water partition coefficient (Wildman–Crippen LogP) is 4.78. The average Bonchev–Trinajstić information content (AvgIpc) is 3.10. The molecule has 0 bridgehead atoms. The van der Waals surface area contributed by atoms with Gasteiger partial charge < -0.3 is 14.2 Å². The maximum Gasteiger partial charge on any atom is 0.203 e. The number of thiazole rings is 1. The summed E-state index contributed by atoms with van der Waals surface area (Å²) in [5.41, 5.74) is 2.15. The fraction of sp³-hybridized carbons (Fsp3) is 0.200. The highest BCUT2D eigenvalue weighted by atomic mass is 32.1. The lowest BCUT2D eigenvalue weighted by Crippen LogP contribution is -1.99. The number of nitriles is 1. The quantitative estimate of drug-likeness (QED) is 0.588. The number of allylic oxidation sites excluding steroid dienone is 1. The lowest BCUT2D eigenvalue weighted by atomic mass is 10.1. The van der Waals surface area contributed by atoms with Crippen molar-refractivity contribution in [2.45, 2.75) is 6.92 Å². The Morgan fingerprint density at radius 3 is 2.46 bits per heavy atom. The van der Waals surface area contributed by atoms with Gasteiger partial charge in [-0.3, -0.25) is 0 Å². The predicted molar refractivity (Wildman–Crippen MR) is 104 cm³/mol. The summed E-state index contributed by atoms with van der Waals surface area (Å²) < 4.78 is 17.5. The molecule has 0 saturated heterocycles. The number of hydrogen-bond donors (Lipinski definition) is 0. The number of rotatable bonds is 6. The highest BCUT2D eigenvalue weighted by molar-refractivity contribution is 7.19. The van der Waals surface area contributed by atoms with Crippen LogP contribution in [-0.4, -0.2) is 25.8 Å². The fourth-order valence-corrected chi connectivity index (χ4v) is 3.50. The van der Waals surface area contributed by atoms with E-state index in [1.54, 1.807) is 20.3 Å². The number of benzene rings is 2. The van der Waals surface area contributed by atoms with Crippen LogP contribution in [0, 0.1) is 11.3 Å². The van der Waals surface area contributed by atoms with Gasteiger partial charge in [-0.1, -0.05) is 12.1 Å². The molecular weight excluding hydrogens is 348 g/mol. The molecule has 0 N–H and O–H groups in total. The maximum atomic E-state index is 9.62. The van der Waals surface area contributed by atoms with Crippen molar-refractivity contribution in [3.63, 3.8) is 0 Å². The van der Waals surface area contributed by atoms with E-state index in [1.807, 2.05) is 43.3 Å². The summed E-state index contributed by atoms with van der Waals surface area (Å²) >= 11 is 1.49. The molecule has 1 aromatic heterocycles. The second-order valence-corrected chi connectivity index (χ2v) is 6.37. The van der Waals surface area contributed by atoms with E-state index in [-0.39, 0.29) is 0 Å². The normalized spacial score (nSPS) is 11.2. The molecule has 5 nitrogen and oxygen atoms in total. The molecule has 26 heavy (non-hydrogen) atoms. The Hall–Kier alpha value is -3.04. The zero-order valence-corrected chi connectivity index (χ0v) is 15.6. The zero-order valence-electron chi connectivity index (χ0n) is 14.8. The lowest BCUT2D eigenvalue weighted by Gasteiger charge is -2.14. The molecule has 0 aliphatic carbocycles. The van der Waals surface area contributed by atoms with Crippen molar-refractivity contribution >= 4 is 33.2 Å². The number of aromatic nitrogens is 1. The Kier molecular flexibility index (Phi) is 5.40.